The smallest absolute Gasteiger partial charge is 0.251 e. The lowest BCUT2D eigenvalue weighted by Gasteiger charge is -2.20. The Morgan fingerprint density at radius 2 is 1.93 bits per heavy atom. The lowest BCUT2D eigenvalue weighted by molar-refractivity contribution is 0.0928. The third kappa shape index (κ3) is 5.53. The minimum absolute atomic E-state index is 0. The van der Waals surface area contributed by atoms with Gasteiger partial charge in [-0.3, -0.25) is 4.79 Å². The highest BCUT2D eigenvalue weighted by Gasteiger charge is 2.27. The lowest BCUT2D eigenvalue weighted by atomic mass is 10.0. The molecule has 2 aromatic rings. The van der Waals surface area contributed by atoms with Crippen molar-refractivity contribution in [1.82, 2.24) is 5.32 Å². The first kappa shape index (κ1) is 22.3. The van der Waals surface area contributed by atoms with E-state index in [2.05, 4.69) is 5.32 Å². The van der Waals surface area contributed by atoms with Gasteiger partial charge < -0.3 is 20.5 Å². The molecule has 0 bridgehead atoms. The second-order valence-electron chi connectivity index (χ2n) is 6.79. The molecule has 0 spiro atoms. The number of ether oxygens (including phenoxy) is 2. The quantitative estimate of drug-likeness (QED) is 0.697. The Labute approximate surface area is 177 Å². The van der Waals surface area contributed by atoms with E-state index in [0.29, 0.717) is 41.2 Å². The summed E-state index contributed by atoms with van der Waals surface area (Å²) in [6.07, 6.45) is 3.16. The van der Waals surface area contributed by atoms with Crippen molar-refractivity contribution in [3.05, 3.63) is 58.6 Å². The molecule has 28 heavy (non-hydrogen) atoms. The van der Waals surface area contributed by atoms with Crippen molar-refractivity contribution in [3.63, 3.8) is 0 Å². The summed E-state index contributed by atoms with van der Waals surface area (Å²) in [5.74, 6) is 1.36. The standard InChI is InChI=1S/C21H25ClN2O3.ClH/c1-26-20-11-15(21(25)24-18-4-2-3-16(18)12-23)7-10-19(20)27-13-14-5-8-17(22)9-6-14;/h5-11,16,18H,2-4,12-13,23H2,1H3,(H,24,25);1H. The number of hydrogen-bond donors (Lipinski definition) is 2. The maximum atomic E-state index is 12.6. The molecular weight excluding hydrogens is 399 g/mol. The predicted molar refractivity (Wildman–Crippen MR) is 114 cm³/mol. The van der Waals surface area contributed by atoms with Gasteiger partial charge >= 0.3 is 0 Å². The van der Waals surface area contributed by atoms with Crippen molar-refractivity contribution < 1.29 is 14.3 Å². The van der Waals surface area contributed by atoms with Crippen LogP contribution in [0.5, 0.6) is 11.5 Å². The second kappa shape index (κ2) is 10.6. The lowest BCUT2D eigenvalue weighted by Crippen LogP contribution is -2.39. The summed E-state index contributed by atoms with van der Waals surface area (Å²) in [4.78, 5) is 12.6. The van der Waals surface area contributed by atoms with Crippen molar-refractivity contribution in [3.8, 4) is 11.5 Å². The number of carbonyl (C=O) groups is 1. The zero-order valence-electron chi connectivity index (χ0n) is 15.8. The molecule has 3 rings (SSSR count). The normalized spacial score (nSPS) is 18.2. The Kier molecular flexibility index (Phi) is 8.42. The third-order valence-electron chi connectivity index (χ3n) is 5.01. The van der Waals surface area contributed by atoms with E-state index in [4.69, 9.17) is 26.8 Å². The summed E-state index contributed by atoms with van der Waals surface area (Å²) in [6.45, 7) is 0.991. The Bertz CT molecular complexity index is 784. The van der Waals surface area contributed by atoms with Crippen LogP contribution >= 0.6 is 24.0 Å². The van der Waals surface area contributed by atoms with Crippen LogP contribution in [0.3, 0.4) is 0 Å². The first-order valence-corrected chi connectivity index (χ1v) is 9.54. The van der Waals surface area contributed by atoms with Gasteiger partial charge in [0.05, 0.1) is 7.11 Å². The first-order valence-electron chi connectivity index (χ1n) is 9.17. The number of halogens is 2. The number of hydrogen-bond acceptors (Lipinski definition) is 4. The van der Waals surface area contributed by atoms with Gasteiger partial charge in [-0.25, -0.2) is 0 Å². The van der Waals surface area contributed by atoms with Crippen molar-refractivity contribution in [1.29, 1.82) is 0 Å². The summed E-state index contributed by atoms with van der Waals surface area (Å²) in [7, 11) is 1.56. The van der Waals surface area contributed by atoms with E-state index in [1.165, 1.54) is 0 Å². The monoisotopic (exact) mass is 424 g/mol. The van der Waals surface area contributed by atoms with E-state index < -0.39 is 0 Å². The number of rotatable bonds is 7. The Morgan fingerprint density at radius 1 is 1.18 bits per heavy atom. The van der Waals surface area contributed by atoms with E-state index in [1.807, 2.05) is 24.3 Å². The molecular formula is C21H26Cl2N2O3. The zero-order chi connectivity index (χ0) is 19.2. The van der Waals surface area contributed by atoms with Crippen LogP contribution in [-0.2, 0) is 6.61 Å². The minimum Gasteiger partial charge on any atom is -0.493 e. The van der Waals surface area contributed by atoms with Crippen LogP contribution < -0.4 is 20.5 Å². The fourth-order valence-corrected chi connectivity index (χ4v) is 3.56. The van der Waals surface area contributed by atoms with Gasteiger partial charge in [-0.15, -0.1) is 12.4 Å². The molecule has 1 amide bonds. The summed E-state index contributed by atoms with van der Waals surface area (Å²) in [6, 6.07) is 12.8. The summed E-state index contributed by atoms with van der Waals surface area (Å²) >= 11 is 5.90. The molecule has 0 aromatic heterocycles. The van der Waals surface area contributed by atoms with E-state index in [1.54, 1.807) is 25.3 Å². The predicted octanol–water partition coefficient (Wildman–Crippen LogP) is 4.21. The average Bonchev–Trinajstić information content (AvgIpc) is 3.14. The Hall–Kier alpha value is -1.95. The molecule has 2 atom stereocenters. The number of nitrogens with one attached hydrogen (secondary N) is 1. The maximum Gasteiger partial charge on any atom is 0.251 e. The van der Waals surface area contributed by atoms with Crippen LogP contribution in [0.1, 0.15) is 35.2 Å². The van der Waals surface area contributed by atoms with Crippen LogP contribution in [0.15, 0.2) is 42.5 Å². The highest BCUT2D eigenvalue weighted by Crippen LogP contribution is 2.30. The fourth-order valence-electron chi connectivity index (χ4n) is 3.43. The summed E-state index contributed by atoms with van der Waals surface area (Å²) in [5.41, 5.74) is 7.35. The molecule has 152 valence electrons. The number of nitrogens with two attached hydrogens (primary N) is 1. The molecule has 7 heteroatoms. The second-order valence-corrected chi connectivity index (χ2v) is 7.22. The van der Waals surface area contributed by atoms with Crippen LogP contribution in [0.25, 0.3) is 0 Å². The van der Waals surface area contributed by atoms with Crippen molar-refractivity contribution in [2.75, 3.05) is 13.7 Å². The van der Waals surface area contributed by atoms with Gasteiger partial charge in [0.1, 0.15) is 6.61 Å². The maximum absolute atomic E-state index is 12.6. The molecule has 5 nitrogen and oxygen atoms in total. The van der Waals surface area contributed by atoms with Gasteiger partial charge in [-0.05, 0) is 61.2 Å². The zero-order valence-corrected chi connectivity index (χ0v) is 17.4. The van der Waals surface area contributed by atoms with Crippen LogP contribution in [0.4, 0.5) is 0 Å². The number of benzene rings is 2. The van der Waals surface area contributed by atoms with Crippen molar-refractivity contribution in [2.45, 2.75) is 31.9 Å². The number of carbonyl (C=O) groups excluding carboxylic acids is 1. The van der Waals surface area contributed by atoms with Crippen LogP contribution in [0, 0.1) is 5.92 Å². The number of methoxy groups -OCH3 is 1. The van der Waals surface area contributed by atoms with E-state index in [-0.39, 0.29) is 24.4 Å². The van der Waals surface area contributed by atoms with Gasteiger partial charge in [-0.2, -0.15) is 0 Å². The number of amides is 1. The molecule has 0 saturated heterocycles. The molecule has 3 N–H and O–H groups in total. The van der Waals surface area contributed by atoms with Gasteiger partial charge in [0, 0.05) is 16.6 Å². The SMILES string of the molecule is COc1cc(C(=O)NC2CCCC2CN)ccc1OCc1ccc(Cl)cc1.Cl. The molecule has 0 radical (unpaired) electrons. The summed E-state index contributed by atoms with van der Waals surface area (Å²) in [5, 5.41) is 3.79. The average molecular weight is 425 g/mol. The van der Waals surface area contributed by atoms with Crippen LogP contribution in [-0.4, -0.2) is 25.6 Å². The minimum atomic E-state index is -0.108. The Morgan fingerprint density at radius 3 is 2.61 bits per heavy atom. The molecule has 1 aliphatic carbocycles. The third-order valence-corrected chi connectivity index (χ3v) is 5.26. The van der Waals surface area contributed by atoms with Gasteiger partial charge in [-0.1, -0.05) is 30.2 Å². The van der Waals surface area contributed by atoms with E-state index in [9.17, 15) is 4.79 Å². The van der Waals surface area contributed by atoms with E-state index in [0.717, 1.165) is 24.8 Å². The molecule has 1 fully saturated rings. The first-order chi connectivity index (χ1) is 13.1. The molecule has 1 aliphatic rings. The molecule has 2 unspecified atom stereocenters. The van der Waals surface area contributed by atoms with Crippen molar-refractivity contribution in [2.24, 2.45) is 11.7 Å². The van der Waals surface area contributed by atoms with Gasteiger partial charge in [0.2, 0.25) is 0 Å². The van der Waals surface area contributed by atoms with Gasteiger partial charge in [0.25, 0.3) is 5.91 Å². The topological polar surface area (TPSA) is 73.6 Å². The van der Waals surface area contributed by atoms with Crippen LogP contribution in [0.2, 0.25) is 5.02 Å². The molecule has 0 aliphatic heterocycles. The molecule has 0 heterocycles. The fraction of sp³-hybridized carbons (Fsp3) is 0.381. The Balaban J connectivity index is 0.00000280. The molecule has 1 saturated carbocycles. The van der Waals surface area contributed by atoms with E-state index >= 15 is 0 Å². The molecule has 2 aromatic carbocycles. The van der Waals surface area contributed by atoms with Crippen molar-refractivity contribution >= 4 is 29.9 Å². The highest BCUT2D eigenvalue weighted by molar-refractivity contribution is 6.30. The highest BCUT2D eigenvalue weighted by atomic mass is 35.5. The van der Waals surface area contributed by atoms with Gasteiger partial charge in [0.15, 0.2) is 11.5 Å². The summed E-state index contributed by atoms with van der Waals surface area (Å²) < 4.78 is 11.3. The largest absolute Gasteiger partial charge is 0.493 e.